The Morgan fingerprint density at radius 2 is 1.83 bits per heavy atom. The number of H-pyrrole nitrogens is 1. The number of hydrogen-bond donors (Lipinski definition) is 2. The number of nitrogens with one attached hydrogen (secondary N) is 2. The Morgan fingerprint density at radius 3 is 2.52 bits per heavy atom. The van der Waals surface area contributed by atoms with Crippen molar-refractivity contribution in [2.45, 2.75) is 65.5 Å². The molecule has 0 amide bonds. The molecule has 1 fully saturated rings. The molecule has 0 bridgehead atoms. The summed E-state index contributed by atoms with van der Waals surface area (Å²) in [4.78, 5) is 18.0. The minimum atomic E-state index is 0.226. The summed E-state index contributed by atoms with van der Waals surface area (Å²) in [5.74, 6) is 0. The van der Waals surface area contributed by atoms with Gasteiger partial charge < -0.3 is 9.88 Å². The molecule has 0 radical (unpaired) electrons. The SMILES string of the molecule is Cc1cc(C)c2c(=O)c(C[NH+](C)C3CCCCC3)c(C)[nH]c2c1. The van der Waals surface area contributed by atoms with Crippen molar-refractivity contribution in [1.29, 1.82) is 0 Å². The lowest BCUT2D eigenvalue weighted by Crippen LogP contribution is -3.12. The monoisotopic (exact) mass is 313 g/mol. The number of quaternary nitrogens is 1. The number of rotatable bonds is 3. The number of aromatic nitrogens is 1. The maximum atomic E-state index is 13.1. The molecule has 3 rings (SSSR count). The van der Waals surface area contributed by atoms with Gasteiger partial charge in [0.15, 0.2) is 5.43 Å². The molecule has 1 unspecified atom stereocenters. The largest absolute Gasteiger partial charge is 0.358 e. The summed E-state index contributed by atoms with van der Waals surface area (Å²) in [7, 11) is 2.25. The third-order valence-electron chi connectivity index (χ3n) is 5.51. The number of pyridine rings is 1. The summed E-state index contributed by atoms with van der Waals surface area (Å²) in [5, 5.41) is 0.868. The molecule has 3 nitrogen and oxygen atoms in total. The van der Waals surface area contributed by atoms with Crippen molar-refractivity contribution in [3.8, 4) is 0 Å². The van der Waals surface area contributed by atoms with Gasteiger partial charge in [0.05, 0.1) is 24.2 Å². The second-order valence-corrected chi connectivity index (χ2v) is 7.42. The summed E-state index contributed by atoms with van der Waals surface area (Å²) in [6.45, 7) is 6.99. The minimum Gasteiger partial charge on any atom is -0.358 e. The molecule has 0 spiro atoms. The van der Waals surface area contributed by atoms with Crippen molar-refractivity contribution in [3.63, 3.8) is 0 Å². The van der Waals surface area contributed by atoms with Gasteiger partial charge in [0, 0.05) is 11.1 Å². The van der Waals surface area contributed by atoms with Crippen LogP contribution in [-0.4, -0.2) is 18.1 Å². The van der Waals surface area contributed by atoms with Crippen LogP contribution in [0.2, 0.25) is 0 Å². The van der Waals surface area contributed by atoms with Crippen LogP contribution in [0.5, 0.6) is 0 Å². The van der Waals surface area contributed by atoms with Crippen molar-refractivity contribution < 1.29 is 4.90 Å². The normalized spacial score (nSPS) is 17.6. The van der Waals surface area contributed by atoms with Crippen LogP contribution in [0.25, 0.3) is 10.9 Å². The Balaban J connectivity index is 1.99. The highest BCUT2D eigenvalue weighted by Crippen LogP contribution is 2.18. The maximum absolute atomic E-state index is 13.1. The Hall–Kier alpha value is -1.61. The first-order valence-electron chi connectivity index (χ1n) is 8.92. The fourth-order valence-corrected chi connectivity index (χ4v) is 4.20. The molecule has 1 heterocycles. The van der Waals surface area contributed by atoms with Gasteiger partial charge in [-0.25, -0.2) is 0 Å². The Bertz CT molecular complexity index is 769. The van der Waals surface area contributed by atoms with Crippen LogP contribution >= 0.6 is 0 Å². The molecule has 1 aromatic heterocycles. The summed E-state index contributed by atoms with van der Waals surface area (Å²) >= 11 is 0. The van der Waals surface area contributed by atoms with Crippen LogP contribution in [0.1, 0.15) is 54.5 Å². The fourth-order valence-electron chi connectivity index (χ4n) is 4.20. The minimum absolute atomic E-state index is 0.226. The predicted octanol–water partition coefficient (Wildman–Crippen LogP) is 2.80. The zero-order valence-corrected chi connectivity index (χ0v) is 14.9. The smallest absolute Gasteiger partial charge is 0.198 e. The highest BCUT2D eigenvalue weighted by Gasteiger charge is 2.23. The van der Waals surface area contributed by atoms with Gasteiger partial charge in [-0.05, 0) is 63.6 Å². The number of benzene rings is 1. The van der Waals surface area contributed by atoms with E-state index in [0.29, 0.717) is 6.04 Å². The molecule has 23 heavy (non-hydrogen) atoms. The first-order chi connectivity index (χ1) is 11.0. The molecule has 1 atom stereocenters. The molecule has 1 aromatic carbocycles. The highest BCUT2D eigenvalue weighted by molar-refractivity contribution is 5.83. The Morgan fingerprint density at radius 1 is 1.13 bits per heavy atom. The lowest BCUT2D eigenvalue weighted by atomic mass is 9.94. The zero-order chi connectivity index (χ0) is 16.6. The summed E-state index contributed by atoms with van der Waals surface area (Å²) in [6, 6.07) is 4.89. The average molecular weight is 313 g/mol. The van der Waals surface area contributed by atoms with Crippen LogP contribution in [0, 0.1) is 20.8 Å². The van der Waals surface area contributed by atoms with Crippen LogP contribution in [-0.2, 0) is 6.54 Å². The van der Waals surface area contributed by atoms with Gasteiger partial charge >= 0.3 is 0 Å². The molecule has 3 heteroatoms. The van der Waals surface area contributed by atoms with Gasteiger partial charge in [-0.3, -0.25) is 4.79 Å². The molecule has 0 saturated heterocycles. The molecule has 124 valence electrons. The lowest BCUT2D eigenvalue weighted by molar-refractivity contribution is -0.921. The van der Waals surface area contributed by atoms with E-state index < -0.39 is 0 Å². The number of aryl methyl sites for hydroxylation is 3. The summed E-state index contributed by atoms with van der Waals surface area (Å²) < 4.78 is 0. The van der Waals surface area contributed by atoms with E-state index in [1.54, 1.807) is 0 Å². The molecular formula is C20H29N2O+. The van der Waals surface area contributed by atoms with E-state index in [2.05, 4.69) is 31.1 Å². The predicted molar refractivity (Wildman–Crippen MR) is 96.2 cm³/mol. The number of aromatic amines is 1. The van der Waals surface area contributed by atoms with E-state index >= 15 is 0 Å². The van der Waals surface area contributed by atoms with E-state index in [1.165, 1.54) is 42.6 Å². The average Bonchev–Trinajstić information content (AvgIpc) is 2.51. The highest BCUT2D eigenvalue weighted by atomic mass is 16.1. The first-order valence-corrected chi connectivity index (χ1v) is 8.92. The third-order valence-corrected chi connectivity index (χ3v) is 5.51. The number of hydrogen-bond acceptors (Lipinski definition) is 1. The fraction of sp³-hybridized carbons (Fsp3) is 0.550. The van der Waals surface area contributed by atoms with Crippen molar-refractivity contribution in [3.05, 3.63) is 44.7 Å². The zero-order valence-electron chi connectivity index (χ0n) is 14.9. The van der Waals surface area contributed by atoms with Crippen molar-refractivity contribution in [1.82, 2.24) is 4.98 Å². The van der Waals surface area contributed by atoms with E-state index in [-0.39, 0.29) is 5.43 Å². The molecule has 2 N–H and O–H groups in total. The van der Waals surface area contributed by atoms with Crippen LogP contribution < -0.4 is 10.3 Å². The van der Waals surface area contributed by atoms with E-state index in [9.17, 15) is 4.79 Å². The van der Waals surface area contributed by atoms with Gasteiger partial charge in [0.2, 0.25) is 0 Å². The van der Waals surface area contributed by atoms with Gasteiger partial charge in [-0.15, -0.1) is 0 Å². The molecule has 1 saturated carbocycles. The number of fused-ring (bicyclic) bond motifs is 1. The molecule has 2 aromatic rings. The van der Waals surface area contributed by atoms with Gasteiger partial charge in [0.1, 0.15) is 6.54 Å². The topological polar surface area (TPSA) is 37.3 Å². The van der Waals surface area contributed by atoms with Gasteiger partial charge in [-0.2, -0.15) is 0 Å². The molecule has 1 aliphatic carbocycles. The molecule has 0 aliphatic heterocycles. The van der Waals surface area contributed by atoms with Crippen LogP contribution in [0.15, 0.2) is 16.9 Å². The van der Waals surface area contributed by atoms with Crippen molar-refractivity contribution in [2.75, 3.05) is 7.05 Å². The first kappa shape index (κ1) is 16.3. The summed E-state index contributed by atoms with van der Waals surface area (Å²) in [5.41, 5.74) is 5.48. The lowest BCUT2D eigenvalue weighted by Gasteiger charge is -2.28. The standard InChI is InChI=1S/C20H28N2O/c1-13-10-14(2)19-18(11-13)21-15(3)17(20(19)23)12-22(4)16-8-6-5-7-9-16/h10-11,16H,5-9,12H2,1-4H3,(H,21,23)/p+1. The van der Waals surface area contributed by atoms with Gasteiger partial charge in [0.25, 0.3) is 0 Å². The second kappa shape index (κ2) is 6.48. The van der Waals surface area contributed by atoms with E-state index in [4.69, 9.17) is 0 Å². The van der Waals surface area contributed by atoms with Crippen molar-refractivity contribution >= 4 is 10.9 Å². The summed E-state index contributed by atoms with van der Waals surface area (Å²) in [6.07, 6.45) is 6.65. The quantitative estimate of drug-likeness (QED) is 0.898. The maximum Gasteiger partial charge on any atom is 0.198 e. The molecule has 1 aliphatic rings. The van der Waals surface area contributed by atoms with Crippen LogP contribution in [0.4, 0.5) is 0 Å². The Kier molecular flexibility index (Phi) is 4.58. The van der Waals surface area contributed by atoms with E-state index in [1.807, 2.05) is 13.8 Å². The van der Waals surface area contributed by atoms with Crippen LogP contribution in [0.3, 0.4) is 0 Å². The van der Waals surface area contributed by atoms with Gasteiger partial charge in [-0.1, -0.05) is 12.5 Å². The van der Waals surface area contributed by atoms with Crippen molar-refractivity contribution in [2.24, 2.45) is 0 Å². The second-order valence-electron chi connectivity index (χ2n) is 7.42. The third kappa shape index (κ3) is 3.20. The molecular weight excluding hydrogens is 284 g/mol. The Labute approximate surface area is 138 Å². The van der Waals surface area contributed by atoms with E-state index in [0.717, 1.165) is 34.3 Å².